The third-order valence-electron chi connectivity index (χ3n) is 4.27. The second kappa shape index (κ2) is 7.75. The Morgan fingerprint density at radius 2 is 1.93 bits per heavy atom. The van der Waals surface area contributed by atoms with E-state index < -0.39 is 5.54 Å². The van der Waals surface area contributed by atoms with Crippen molar-refractivity contribution in [3.8, 4) is 16.3 Å². The molecule has 2 heterocycles. The molecule has 0 saturated carbocycles. The fraction of sp³-hybridized carbons (Fsp3) is 0.250. The zero-order valence-electron chi connectivity index (χ0n) is 15.4. The fourth-order valence-electron chi connectivity index (χ4n) is 2.61. The minimum Gasteiger partial charge on any atom is -0.497 e. The van der Waals surface area contributed by atoms with Gasteiger partial charge in [-0.05, 0) is 49.1 Å². The number of nitrogens with one attached hydrogen (secondary N) is 1. The Kier molecular flexibility index (Phi) is 5.41. The Balaban J connectivity index is 1.79. The molecule has 2 aromatic heterocycles. The van der Waals surface area contributed by atoms with E-state index in [4.69, 9.17) is 4.74 Å². The van der Waals surface area contributed by atoms with Crippen LogP contribution in [0.3, 0.4) is 0 Å². The fourth-order valence-corrected chi connectivity index (χ4v) is 3.30. The van der Waals surface area contributed by atoms with Crippen molar-refractivity contribution in [2.75, 3.05) is 7.11 Å². The zero-order valence-corrected chi connectivity index (χ0v) is 16.2. The van der Waals surface area contributed by atoms with Crippen LogP contribution in [0.1, 0.15) is 19.4 Å². The number of ether oxygens (including phenoxy) is 1. The van der Waals surface area contributed by atoms with Gasteiger partial charge < -0.3 is 10.1 Å². The summed E-state index contributed by atoms with van der Waals surface area (Å²) in [7, 11) is 1.61. The van der Waals surface area contributed by atoms with Gasteiger partial charge in [-0.25, -0.2) is 4.68 Å². The Morgan fingerprint density at radius 3 is 2.56 bits per heavy atom. The lowest BCUT2D eigenvalue weighted by atomic mass is 10.0. The topological polar surface area (TPSA) is 73.2 Å². The van der Waals surface area contributed by atoms with E-state index in [2.05, 4.69) is 10.4 Å². The third kappa shape index (κ3) is 4.09. The lowest BCUT2D eigenvalue weighted by Gasteiger charge is -2.25. The van der Waals surface area contributed by atoms with Crippen LogP contribution >= 0.6 is 11.3 Å². The predicted molar refractivity (Wildman–Crippen MR) is 106 cm³/mol. The Hall–Kier alpha value is -2.93. The molecule has 0 atom stereocenters. The van der Waals surface area contributed by atoms with Crippen molar-refractivity contribution in [1.29, 1.82) is 0 Å². The number of aromatic nitrogens is 2. The Labute approximate surface area is 161 Å². The van der Waals surface area contributed by atoms with E-state index in [1.165, 1.54) is 22.1 Å². The number of carbonyl (C=O) groups excluding carboxylic acids is 1. The van der Waals surface area contributed by atoms with Crippen LogP contribution in [-0.2, 0) is 16.9 Å². The molecule has 1 amide bonds. The van der Waals surface area contributed by atoms with E-state index in [1.807, 2.05) is 41.8 Å². The van der Waals surface area contributed by atoms with Gasteiger partial charge >= 0.3 is 0 Å². The van der Waals surface area contributed by atoms with Gasteiger partial charge in [0.2, 0.25) is 5.91 Å². The first-order valence-corrected chi connectivity index (χ1v) is 9.36. The first-order valence-electron chi connectivity index (χ1n) is 8.48. The van der Waals surface area contributed by atoms with E-state index in [0.29, 0.717) is 12.2 Å². The molecule has 3 aromatic rings. The van der Waals surface area contributed by atoms with Crippen molar-refractivity contribution in [3.63, 3.8) is 0 Å². The summed E-state index contributed by atoms with van der Waals surface area (Å²) in [5.41, 5.74) is 0.157. The number of rotatable bonds is 6. The quantitative estimate of drug-likeness (QED) is 0.710. The molecule has 1 aromatic carbocycles. The van der Waals surface area contributed by atoms with Gasteiger partial charge in [-0.1, -0.05) is 18.2 Å². The molecular weight excluding hydrogens is 362 g/mol. The molecule has 6 nitrogen and oxygen atoms in total. The molecule has 27 heavy (non-hydrogen) atoms. The second-order valence-electron chi connectivity index (χ2n) is 6.54. The number of thiophene rings is 1. The number of hydrogen-bond donors (Lipinski definition) is 1. The van der Waals surface area contributed by atoms with E-state index in [-0.39, 0.29) is 11.5 Å². The minimum absolute atomic E-state index is 0.281. The highest BCUT2D eigenvalue weighted by Gasteiger charge is 2.32. The first kappa shape index (κ1) is 18.8. The summed E-state index contributed by atoms with van der Waals surface area (Å²) in [5.74, 6) is 0.475. The second-order valence-corrected chi connectivity index (χ2v) is 7.48. The van der Waals surface area contributed by atoms with Crippen LogP contribution < -0.4 is 15.6 Å². The number of nitrogens with zero attached hydrogens (tertiary/aromatic N) is 2. The van der Waals surface area contributed by atoms with Crippen molar-refractivity contribution in [2.45, 2.75) is 25.9 Å². The van der Waals surface area contributed by atoms with Crippen LogP contribution in [0.15, 0.2) is 58.7 Å². The Morgan fingerprint density at radius 1 is 1.19 bits per heavy atom. The lowest BCUT2D eigenvalue weighted by Crippen LogP contribution is -2.49. The van der Waals surface area contributed by atoms with Crippen LogP contribution in [-0.4, -0.2) is 22.8 Å². The molecule has 0 radical (unpaired) electrons. The molecular formula is C20H21N3O3S. The monoisotopic (exact) mass is 383 g/mol. The summed E-state index contributed by atoms with van der Waals surface area (Å²) in [6.45, 7) is 3.72. The Bertz CT molecular complexity index is 976. The molecule has 0 fully saturated rings. The van der Waals surface area contributed by atoms with Gasteiger partial charge in [0.15, 0.2) is 0 Å². The van der Waals surface area contributed by atoms with Crippen LogP contribution in [0.5, 0.6) is 5.75 Å². The molecule has 0 bridgehead atoms. The van der Waals surface area contributed by atoms with Crippen molar-refractivity contribution in [3.05, 3.63) is 69.8 Å². The van der Waals surface area contributed by atoms with Crippen LogP contribution in [0.4, 0.5) is 0 Å². The van der Waals surface area contributed by atoms with Gasteiger partial charge in [0.25, 0.3) is 5.56 Å². The highest BCUT2D eigenvalue weighted by molar-refractivity contribution is 7.13. The molecule has 3 rings (SSSR count). The number of methoxy groups -OCH3 is 1. The van der Waals surface area contributed by atoms with Crippen LogP contribution in [0.25, 0.3) is 10.6 Å². The van der Waals surface area contributed by atoms with Crippen molar-refractivity contribution in [1.82, 2.24) is 15.1 Å². The summed E-state index contributed by atoms with van der Waals surface area (Å²) in [6.07, 6.45) is 0. The SMILES string of the molecule is COc1ccc(CNC(=O)C(C)(C)n2nc(-c3cccs3)ccc2=O)cc1. The summed E-state index contributed by atoms with van der Waals surface area (Å²) in [4.78, 5) is 26.1. The summed E-state index contributed by atoms with van der Waals surface area (Å²) in [6, 6.07) is 14.4. The molecule has 0 aliphatic carbocycles. The van der Waals surface area contributed by atoms with Gasteiger partial charge in [0.1, 0.15) is 17.0 Å². The highest BCUT2D eigenvalue weighted by atomic mass is 32.1. The number of carbonyl (C=O) groups is 1. The molecule has 0 saturated heterocycles. The number of hydrogen-bond acceptors (Lipinski definition) is 5. The third-order valence-corrected chi connectivity index (χ3v) is 5.16. The van der Waals surface area contributed by atoms with Crippen LogP contribution in [0.2, 0.25) is 0 Å². The lowest BCUT2D eigenvalue weighted by molar-refractivity contribution is -0.129. The van der Waals surface area contributed by atoms with E-state index in [1.54, 1.807) is 27.0 Å². The largest absolute Gasteiger partial charge is 0.497 e. The smallest absolute Gasteiger partial charge is 0.267 e. The maximum absolute atomic E-state index is 12.8. The van der Waals surface area contributed by atoms with E-state index in [0.717, 1.165) is 16.2 Å². The molecule has 0 unspecified atom stereocenters. The maximum atomic E-state index is 12.8. The average Bonchev–Trinajstić information content (AvgIpc) is 3.21. The minimum atomic E-state index is -1.13. The molecule has 1 N–H and O–H groups in total. The molecule has 140 valence electrons. The average molecular weight is 383 g/mol. The van der Waals surface area contributed by atoms with E-state index >= 15 is 0 Å². The normalized spacial score (nSPS) is 11.2. The summed E-state index contributed by atoms with van der Waals surface area (Å²) < 4.78 is 6.37. The standard InChI is InChI=1S/C20H21N3O3S/c1-20(2,19(25)21-13-14-6-8-15(26-3)9-7-14)23-18(24)11-10-16(22-23)17-5-4-12-27-17/h4-12H,13H2,1-3H3,(H,21,25). The van der Waals surface area contributed by atoms with Crippen LogP contribution in [0, 0.1) is 0 Å². The predicted octanol–water partition coefficient (Wildman–Crippen LogP) is 3.03. The van der Waals surface area contributed by atoms with Gasteiger partial charge in [-0.15, -0.1) is 11.3 Å². The van der Waals surface area contributed by atoms with Crippen molar-refractivity contribution >= 4 is 17.2 Å². The van der Waals surface area contributed by atoms with Gasteiger partial charge in [-0.3, -0.25) is 9.59 Å². The summed E-state index contributed by atoms with van der Waals surface area (Å²) in [5, 5.41) is 9.25. The first-order chi connectivity index (χ1) is 12.9. The van der Waals surface area contributed by atoms with Gasteiger partial charge in [0.05, 0.1) is 12.0 Å². The molecule has 7 heteroatoms. The molecule has 0 aliphatic heterocycles. The van der Waals surface area contributed by atoms with Gasteiger partial charge in [0, 0.05) is 12.6 Å². The zero-order chi connectivity index (χ0) is 19.4. The summed E-state index contributed by atoms with van der Waals surface area (Å²) >= 11 is 1.53. The van der Waals surface area contributed by atoms with E-state index in [9.17, 15) is 9.59 Å². The van der Waals surface area contributed by atoms with Crippen molar-refractivity contribution < 1.29 is 9.53 Å². The maximum Gasteiger partial charge on any atom is 0.267 e. The van der Waals surface area contributed by atoms with Gasteiger partial charge in [-0.2, -0.15) is 5.10 Å². The molecule has 0 spiro atoms. The molecule has 0 aliphatic rings. The number of amides is 1. The number of benzene rings is 1. The van der Waals surface area contributed by atoms with Crippen molar-refractivity contribution in [2.24, 2.45) is 0 Å². The highest BCUT2D eigenvalue weighted by Crippen LogP contribution is 2.22.